The van der Waals surface area contributed by atoms with Crippen LogP contribution in [0.2, 0.25) is 5.02 Å². The predicted molar refractivity (Wildman–Crippen MR) is 111 cm³/mol. The molecule has 1 amide bonds. The van der Waals surface area contributed by atoms with E-state index in [9.17, 15) is 9.59 Å². The molecule has 0 unspecified atom stereocenters. The van der Waals surface area contributed by atoms with Gasteiger partial charge in [0.2, 0.25) is 0 Å². The van der Waals surface area contributed by atoms with Gasteiger partial charge in [-0.25, -0.2) is 0 Å². The Morgan fingerprint density at radius 1 is 0.893 bits per heavy atom. The first-order valence-corrected chi connectivity index (χ1v) is 9.25. The molecule has 3 aromatic carbocycles. The van der Waals surface area contributed by atoms with E-state index in [0.29, 0.717) is 10.7 Å². The number of amides is 1. The lowest BCUT2D eigenvalue weighted by molar-refractivity contribution is -0.146. The summed E-state index contributed by atoms with van der Waals surface area (Å²) in [6, 6.07) is 22.9. The SMILES string of the molecule is Cc1c(Cl)cccc1NC(=O)COC(=O)Cc1ccc(-c2ccccc2)cc1. The second-order valence-electron chi connectivity index (χ2n) is 6.36. The van der Waals surface area contributed by atoms with Crippen molar-refractivity contribution in [2.75, 3.05) is 11.9 Å². The minimum absolute atomic E-state index is 0.110. The highest BCUT2D eigenvalue weighted by Gasteiger charge is 2.11. The largest absolute Gasteiger partial charge is 0.455 e. The number of halogens is 1. The van der Waals surface area contributed by atoms with E-state index in [1.807, 2.05) is 61.5 Å². The average molecular weight is 394 g/mol. The Balaban J connectivity index is 1.50. The summed E-state index contributed by atoms with van der Waals surface area (Å²) in [4.78, 5) is 24.0. The number of anilines is 1. The van der Waals surface area contributed by atoms with Crippen LogP contribution in [0, 0.1) is 6.92 Å². The number of esters is 1. The summed E-state index contributed by atoms with van der Waals surface area (Å²) in [5.74, 6) is -0.858. The quantitative estimate of drug-likeness (QED) is 0.597. The van der Waals surface area contributed by atoms with Crippen molar-refractivity contribution in [3.05, 3.63) is 88.9 Å². The minimum Gasteiger partial charge on any atom is -0.455 e. The molecule has 0 radical (unpaired) electrons. The highest BCUT2D eigenvalue weighted by molar-refractivity contribution is 6.31. The molecular weight excluding hydrogens is 374 g/mol. The second kappa shape index (κ2) is 9.20. The van der Waals surface area contributed by atoms with Crippen molar-refractivity contribution < 1.29 is 14.3 Å². The molecule has 28 heavy (non-hydrogen) atoms. The maximum atomic E-state index is 12.0. The molecule has 1 N–H and O–H groups in total. The average Bonchev–Trinajstić information content (AvgIpc) is 2.71. The summed E-state index contributed by atoms with van der Waals surface area (Å²) in [5, 5.41) is 3.26. The summed E-state index contributed by atoms with van der Waals surface area (Å²) >= 11 is 6.03. The van der Waals surface area contributed by atoms with Crippen molar-refractivity contribution in [1.29, 1.82) is 0 Å². The van der Waals surface area contributed by atoms with Gasteiger partial charge in [0.1, 0.15) is 0 Å². The third-order valence-corrected chi connectivity index (χ3v) is 4.73. The van der Waals surface area contributed by atoms with Crippen LogP contribution in [0.1, 0.15) is 11.1 Å². The van der Waals surface area contributed by atoms with Crippen LogP contribution in [-0.2, 0) is 20.7 Å². The summed E-state index contributed by atoms with van der Waals surface area (Å²) in [7, 11) is 0. The molecular formula is C23H20ClNO3. The third-order valence-electron chi connectivity index (χ3n) is 4.32. The van der Waals surface area contributed by atoms with E-state index in [4.69, 9.17) is 16.3 Å². The lowest BCUT2D eigenvalue weighted by atomic mass is 10.0. The second-order valence-corrected chi connectivity index (χ2v) is 6.77. The fraction of sp³-hybridized carbons (Fsp3) is 0.130. The van der Waals surface area contributed by atoms with Gasteiger partial charge in [0, 0.05) is 10.7 Å². The number of benzene rings is 3. The van der Waals surface area contributed by atoms with Crippen molar-refractivity contribution in [2.24, 2.45) is 0 Å². The van der Waals surface area contributed by atoms with Gasteiger partial charge in [-0.3, -0.25) is 9.59 Å². The molecule has 0 atom stereocenters. The summed E-state index contributed by atoms with van der Waals surface area (Å²) in [6.45, 7) is 1.47. The van der Waals surface area contributed by atoms with Crippen LogP contribution >= 0.6 is 11.6 Å². The molecule has 3 rings (SSSR count). The lowest BCUT2D eigenvalue weighted by Gasteiger charge is -2.10. The molecule has 0 aromatic heterocycles. The van der Waals surface area contributed by atoms with Crippen molar-refractivity contribution in [3.8, 4) is 11.1 Å². The number of carbonyl (C=O) groups excluding carboxylic acids is 2. The first-order chi connectivity index (χ1) is 13.5. The Bertz CT molecular complexity index is 969. The summed E-state index contributed by atoms with van der Waals surface area (Å²) in [5.41, 5.74) is 4.39. The number of rotatable bonds is 6. The topological polar surface area (TPSA) is 55.4 Å². The van der Waals surface area contributed by atoms with Gasteiger partial charge in [0.25, 0.3) is 5.91 Å². The molecule has 4 nitrogen and oxygen atoms in total. The number of hydrogen-bond donors (Lipinski definition) is 1. The smallest absolute Gasteiger partial charge is 0.310 e. The van der Waals surface area contributed by atoms with Crippen molar-refractivity contribution in [3.63, 3.8) is 0 Å². The highest BCUT2D eigenvalue weighted by atomic mass is 35.5. The molecule has 0 heterocycles. The van der Waals surface area contributed by atoms with Gasteiger partial charge in [0.15, 0.2) is 6.61 Å². The molecule has 0 aliphatic heterocycles. The summed E-state index contributed by atoms with van der Waals surface area (Å²) < 4.78 is 5.08. The van der Waals surface area contributed by atoms with E-state index < -0.39 is 11.9 Å². The molecule has 0 bridgehead atoms. The fourth-order valence-electron chi connectivity index (χ4n) is 2.74. The number of nitrogens with one attached hydrogen (secondary N) is 1. The van der Waals surface area contributed by atoms with E-state index in [2.05, 4.69) is 5.32 Å². The number of ether oxygens (including phenoxy) is 1. The first-order valence-electron chi connectivity index (χ1n) is 8.88. The molecule has 142 valence electrons. The Hall–Kier alpha value is -3.11. The number of hydrogen-bond acceptors (Lipinski definition) is 3. The normalized spacial score (nSPS) is 10.4. The zero-order chi connectivity index (χ0) is 19.9. The molecule has 0 spiro atoms. The van der Waals surface area contributed by atoms with E-state index >= 15 is 0 Å². The van der Waals surface area contributed by atoms with Crippen LogP contribution in [0.15, 0.2) is 72.8 Å². The Morgan fingerprint density at radius 3 is 2.29 bits per heavy atom. The maximum absolute atomic E-state index is 12.0. The van der Waals surface area contributed by atoms with Gasteiger partial charge in [-0.15, -0.1) is 0 Å². The molecule has 5 heteroatoms. The zero-order valence-corrected chi connectivity index (χ0v) is 16.2. The Labute approximate surface area is 169 Å². The lowest BCUT2D eigenvalue weighted by Crippen LogP contribution is -2.22. The fourth-order valence-corrected chi connectivity index (χ4v) is 2.91. The third kappa shape index (κ3) is 5.21. The van der Waals surface area contributed by atoms with E-state index in [-0.39, 0.29) is 13.0 Å². The van der Waals surface area contributed by atoms with Crippen LogP contribution < -0.4 is 5.32 Å². The molecule has 0 aliphatic carbocycles. The summed E-state index contributed by atoms with van der Waals surface area (Å²) in [6.07, 6.45) is 0.110. The maximum Gasteiger partial charge on any atom is 0.310 e. The molecule has 0 saturated carbocycles. The molecule has 0 fully saturated rings. The van der Waals surface area contributed by atoms with Crippen molar-refractivity contribution in [1.82, 2.24) is 0 Å². The van der Waals surface area contributed by atoms with Gasteiger partial charge in [-0.1, -0.05) is 72.3 Å². The standard InChI is InChI=1S/C23H20ClNO3/c1-16-20(24)8-5-9-21(16)25-22(26)15-28-23(27)14-17-10-12-19(13-11-17)18-6-3-2-4-7-18/h2-13H,14-15H2,1H3,(H,25,26). The van der Waals surface area contributed by atoms with Gasteiger partial charge in [-0.2, -0.15) is 0 Å². The van der Waals surface area contributed by atoms with Crippen molar-refractivity contribution >= 4 is 29.2 Å². The van der Waals surface area contributed by atoms with Gasteiger partial charge >= 0.3 is 5.97 Å². The van der Waals surface area contributed by atoms with Crippen molar-refractivity contribution in [2.45, 2.75) is 13.3 Å². The van der Waals surface area contributed by atoms with Crippen LogP contribution in [0.3, 0.4) is 0 Å². The van der Waals surface area contributed by atoms with Crippen LogP contribution in [-0.4, -0.2) is 18.5 Å². The first kappa shape index (κ1) is 19.6. The highest BCUT2D eigenvalue weighted by Crippen LogP contribution is 2.23. The van der Waals surface area contributed by atoms with Gasteiger partial charge in [-0.05, 0) is 41.3 Å². The van der Waals surface area contributed by atoms with Gasteiger partial charge in [0.05, 0.1) is 6.42 Å². The minimum atomic E-state index is -0.453. The Kier molecular flexibility index (Phi) is 6.45. The Morgan fingerprint density at radius 2 is 1.57 bits per heavy atom. The molecule has 0 aliphatic rings. The van der Waals surface area contributed by atoms with E-state index in [0.717, 1.165) is 22.3 Å². The van der Waals surface area contributed by atoms with E-state index in [1.165, 1.54) is 0 Å². The van der Waals surface area contributed by atoms with Crippen LogP contribution in [0.4, 0.5) is 5.69 Å². The monoisotopic (exact) mass is 393 g/mol. The predicted octanol–water partition coefficient (Wildman–Crippen LogP) is 5.04. The van der Waals surface area contributed by atoms with Crippen LogP contribution in [0.25, 0.3) is 11.1 Å². The molecule has 0 saturated heterocycles. The number of carbonyl (C=O) groups is 2. The van der Waals surface area contributed by atoms with Gasteiger partial charge < -0.3 is 10.1 Å². The molecule has 3 aromatic rings. The zero-order valence-electron chi connectivity index (χ0n) is 15.4. The van der Waals surface area contributed by atoms with E-state index in [1.54, 1.807) is 18.2 Å². The van der Waals surface area contributed by atoms with Crippen LogP contribution in [0.5, 0.6) is 0 Å².